The number of allylic oxidation sites excluding steroid dienone is 1. The Bertz CT molecular complexity index is 1170. The highest BCUT2D eigenvalue weighted by atomic mass is 16.5. The second-order valence-electron chi connectivity index (χ2n) is 9.88. The molecule has 1 aromatic carbocycles. The number of hydrogen-bond donors (Lipinski definition) is 4. The van der Waals surface area contributed by atoms with Gasteiger partial charge in [0.05, 0.1) is 18.2 Å². The van der Waals surface area contributed by atoms with E-state index >= 15 is 0 Å². The van der Waals surface area contributed by atoms with Crippen LogP contribution in [0, 0.1) is 11.8 Å². The van der Waals surface area contributed by atoms with Gasteiger partial charge in [0, 0.05) is 11.5 Å². The first-order chi connectivity index (χ1) is 16.5. The molecule has 188 valence electrons. The standard InChI is InChI=1S/C26H32N2O7/c1-5-6-10-35-16-9-7-8-13-12(2)14-11-15-20(28(3)4)22(30)19(25(27)33)24(32)26(15,34)23(31)18(14)21(29)17(13)16/h7-9,12,14-15,20,30-31,34H,5-6,10-11H2,1-4H3,(H2,27,33)/t12-,14+,15-,20-,26-/m0/s1. The number of Topliss-reactive ketones (excluding diaryl/α,β-unsaturated/α-hetero) is 2. The van der Waals surface area contributed by atoms with Crippen molar-refractivity contribution in [2.24, 2.45) is 17.6 Å². The number of aliphatic hydroxyl groups is 3. The quantitative estimate of drug-likeness (QED) is 0.354. The third kappa shape index (κ3) is 3.48. The molecule has 3 aliphatic carbocycles. The van der Waals surface area contributed by atoms with E-state index in [2.05, 4.69) is 0 Å². The first-order valence-corrected chi connectivity index (χ1v) is 11.9. The highest BCUT2D eigenvalue weighted by Gasteiger charge is 2.63. The molecule has 0 saturated heterocycles. The van der Waals surface area contributed by atoms with E-state index in [1.54, 1.807) is 25.1 Å². The van der Waals surface area contributed by atoms with Crippen LogP contribution in [0.2, 0.25) is 0 Å². The van der Waals surface area contributed by atoms with Crippen LogP contribution in [0.5, 0.6) is 5.75 Å². The number of hydrogen-bond acceptors (Lipinski definition) is 8. The van der Waals surface area contributed by atoms with Crippen molar-refractivity contribution < 1.29 is 34.4 Å². The molecule has 0 heterocycles. The molecule has 1 amide bonds. The molecule has 0 saturated carbocycles. The van der Waals surface area contributed by atoms with Gasteiger partial charge in [0.1, 0.15) is 22.8 Å². The van der Waals surface area contributed by atoms with Crippen LogP contribution in [0.4, 0.5) is 0 Å². The van der Waals surface area contributed by atoms with E-state index in [4.69, 9.17) is 10.5 Å². The van der Waals surface area contributed by atoms with Crippen LogP contribution in [0.3, 0.4) is 0 Å². The first-order valence-electron chi connectivity index (χ1n) is 11.9. The second kappa shape index (κ2) is 8.80. The average Bonchev–Trinajstić information content (AvgIpc) is 2.79. The lowest BCUT2D eigenvalue weighted by molar-refractivity contribution is -0.148. The summed E-state index contributed by atoms with van der Waals surface area (Å²) in [5.41, 5.74) is 3.02. The number of carbonyl (C=O) groups is 3. The number of nitrogens with two attached hydrogens (primary N) is 1. The molecule has 35 heavy (non-hydrogen) atoms. The smallest absolute Gasteiger partial charge is 0.255 e. The van der Waals surface area contributed by atoms with E-state index in [0.717, 1.165) is 18.4 Å². The average molecular weight is 485 g/mol. The number of amides is 1. The molecule has 5 atom stereocenters. The zero-order valence-corrected chi connectivity index (χ0v) is 20.4. The number of carbonyl (C=O) groups excluding carboxylic acids is 3. The van der Waals surface area contributed by atoms with Gasteiger partial charge in [-0.3, -0.25) is 19.3 Å². The van der Waals surface area contributed by atoms with Crippen molar-refractivity contribution in [1.82, 2.24) is 4.90 Å². The molecule has 9 nitrogen and oxygen atoms in total. The summed E-state index contributed by atoms with van der Waals surface area (Å²) in [7, 11) is 3.24. The molecule has 0 bridgehead atoms. The van der Waals surface area contributed by atoms with Crippen molar-refractivity contribution in [2.45, 2.75) is 50.7 Å². The van der Waals surface area contributed by atoms with Gasteiger partial charge < -0.3 is 25.8 Å². The summed E-state index contributed by atoms with van der Waals surface area (Å²) >= 11 is 0. The van der Waals surface area contributed by atoms with Gasteiger partial charge in [0.2, 0.25) is 5.78 Å². The molecule has 0 unspecified atom stereocenters. The number of likely N-dealkylation sites (N-methyl/N-ethyl adjacent to an activating group) is 1. The van der Waals surface area contributed by atoms with E-state index in [1.165, 1.54) is 0 Å². The van der Waals surface area contributed by atoms with E-state index in [1.807, 2.05) is 26.0 Å². The van der Waals surface area contributed by atoms with E-state index in [0.29, 0.717) is 17.9 Å². The summed E-state index contributed by atoms with van der Waals surface area (Å²) in [5, 5.41) is 33.9. The van der Waals surface area contributed by atoms with E-state index in [-0.39, 0.29) is 17.9 Å². The zero-order chi connectivity index (χ0) is 25.8. The van der Waals surface area contributed by atoms with Crippen molar-refractivity contribution in [3.63, 3.8) is 0 Å². The van der Waals surface area contributed by atoms with Crippen molar-refractivity contribution in [1.29, 1.82) is 0 Å². The van der Waals surface area contributed by atoms with Crippen LogP contribution in [0.1, 0.15) is 54.9 Å². The molecular weight excluding hydrogens is 452 g/mol. The number of ether oxygens (including phenoxy) is 1. The van der Waals surface area contributed by atoms with E-state index in [9.17, 15) is 29.7 Å². The van der Waals surface area contributed by atoms with Crippen LogP contribution < -0.4 is 10.5 Å². The predicted octanol–water partition coefficient (Wildman–Crippen LogP) is 2.15. The van der Waals surface area contributed by atoms with Crippen LogP contribution in [0.25, 0.3) is 0 Å². The number of fused-ring (bicyclic) bond motifs is 3. The number of rotatable bonds is 6. The molecule has 0 aliphatic heterocycles. The van der Waals surface area contributed by atoms with Crippen LogP contribution >= 0.6 is 0 Å². The number of aliphatic hydroxyl groups excluding tert-OH is 2. The van der Waals surface area contributed by atoms with Crippen molar-refractivity contribution in [3.8, 4) is 5.75 Å². The third-order valence-electron chi connectivity index (χ3n) is 7.70. The van der Waals surface area contributed by atoms with Crippen molar-refractivity contribution >= 4 is 17.5 Å². The molecule has 4 rings (SSSR count). The molecular formula is C26H32N2O7. The highest BCUT2D eigenvalue weighted by molar-refractivity contribution is 6.24. The minimum atomic E-state index is -2.58. The Morgan fingerprint density at radius 1 is 1.26 bits per heavy atom. The Morgan fingerprint density at radius 3 is 2.54 bits per heavy atom. The number of nitrogens with zero attached hydrogens (tertiary/aromatic N) is 1. The summed E-state index contributed by atoms with van der Waals surface area (Å²) in [5.74, 6) is -5.66. The van der Waals surface area contributed by atoms with Crippen LogP contribution in [-0.4, -0.2) is 70.0 Å². The fraction of sp³-hybridized carbons (Fsp3) is 0.500. The number of unbranched alkanes of at least 4 members (excludes halogenated alkanes) is 1. The summed E-state index contributed by atoms with van der Waals surface area (Å²) in [6, 6.07) is 4.38. The lowest BCUT2D eigenvalue weighted by Crippen LogP contribution is -2.64. The van der Waals surface area contributed by atoms with Crippen molar-refractivity contribution in [3.05, 3.63) is 52.0 Å². The minimum absolute atomic E-state index is 0.0636. The lowest BCUT2D eigenvalue weighted by atomic mass is 9.56. The molecule has 5 N–H and O–H groups in total. The summed E-state index contributed by atoms with van der Waals surface area (Å²) in [6.45, 7) is 4.37. The minimum Gasteiger partial charge on any atom is -0.510 e. The second-order valence-corrected chi connectivity index (χ2v) is 9.88. The first kappa shape index (κ1) is 24.9. The summed E-state index contributed by atoms with van der Waals surface area (Å²) in [4.78, 5) is 40.8. The normalized spacial score (nSPS) is 30.2. The Balaban J connectivity index is 1.92. The van der Waals surface area contributed by atoms with Crippen LogP contribution in [-0.2, 0) is 9.59 Å². The van der Waals surface area contributed by atoms with E-state index < -0.39 is 58.0 Å². The van der Waals surface area contributed by atoms with Gasteiger partial charge in [-0.1, -0.05) is 32.4 Å². The molecule has 0 aromatic heterocycles. The van der Waals surface area contributed by atoms with Gasteiger partial charge in [-0.05, 0) is 50.4 Å². The Kier molecular flexibility index (Phi) is 6.27. The van der Waals surface area contributed by atoms with Gasteiger partial charge in [0.15, 0.2) is 11.4 Å². The SMILES string of the molecule is CCCCOc1cccc2c1C(=O)C1=C(O)[C@]3(O)C(=O)C(C(N)=O)=C(O)[C@@H](N(C)C)[C@@H]3C[C@@H]1[C@H]2C. The summed E-state index contributed by atoms with van der Waals surface area (Å²) < 4.78 is 5.88. The maximum atomic E-state index is 13.8. The molecule has 0 radical (unpaired) electrons. The largest absolute Gasteiger partial charge is 0.510 e. The third-order valence-corrected chi connectivity index (χ3v) is 7.70. The number of primary amides is 1. The van der Waals surface area contributed by atoms with Crippen molar-refractivity contribution in [2.75, 3.05) is 20.7 Å². The molecule has 3 aliphatic rings. The molecule has 1 aromatic rings. The highest BCUT2D eigenvalue weighted by Crippen LogP contribution is 2.55. The molecule has 0 fully saturated rings. The van der Waals surface area contributed by atoms with Gasteiger partial charge in [-0.2, -0.15) is 0 Å². The maximum absolute atomic E-state index is 13.8. The van der Waals surface area contributed by atoms with Gasteiger partial charge >= 0.3 is 0 Å². The monoisotopic (exact) mass is 484 g/mol. The number of benzene rings is 1. The number of ketones is 2. The van der Waals surface area contributed by atoms with Gasteiger partial charge in [-0.15, -0.1) is 0 Å². The van der Waals surface area contributed by atoms with Gasteiger partial charge in [-0.25, -0.2) is 0 Å². The Hall–Kier alpha value is -3.17. The predicted molar refractivity (Wildman–Crippen MR) is 127 cm³/mol. The zero-order valence-electron chi connectivity index (χ0n) is 20.4. The fourth-order valence-electron chi connectivity index (χ4n) is 5.94. The lowest BCUT2D eigenvalue weighted by Gasteiger charge is -2.51. The van der Waals surface area contributed by atoms with Crippen LogP contribution in [0.15, 0.2) is 40.9 Å². The Labute approximate surface area is 203 Å². The summed E-state index contributed by atoms with van der Waals surface area (Å²) in [6.07, 6.45) is 1.84. The fourth-order valence-corrected chi connectivity index (χ4v) is 5.94. The molecule has 9 heteroatoms. The maximum Gasteiger partial charge on any atom is 0.255 e. The topological polar surface area (TPSA) is 150 Å². The van der Waals surface area contributed by atoms with Gasteiger partial charge in [0.25, 0.3) is 5.91 Å². The molecule has 0 spiro atoms. The Morgan fingerprint density at radius 2 is 1.94 bits per heavy atom.